The van der Waals surface area contributed by atoms with Crippen LogP contribution in [0.4, 0.5) is 8.78 Å². The maximum Gasteiger partial charge on any atom is 0.126 e. The van der Waals surface area contributed by atoms with E-state index in [0.29, 0.717) is 17.9 Å². The molecule has 2 unspecified atom stereocenters. The smallest absolute Gasteiger partial charge is 0.126 e. The van der Waals surface area contributed by atoms with Crippen LogP contribution in [0.3, 0.4) is 0 Å². The van der Waals surface area contributed by atoms with Gasteiger partial charge in [0.2, 0.25) is 0 Å². The molecule has 3 heteroatoms. The Morgan fingerprint density at radius 1 is 1.10 bits per heavy atom. The van der Waals surface area contributed by atoms with Gasteiger partial charge in [0.05, 0.1) is 0 Å². The van der Waals surface area contributed by atoms with Crippen molar-refractivity contribution in [2.75, 3.05) is 0 Å². The summed E-state index contributed by atoms with van der Waals surface area (Å²) in [4.78, 5) is 0.204. The van der Waals surface area contributed by atoms with Gasteiger partial charge in [0.25, 0.3) is 0 Å². The highest BCUT2D eigenvalue weighted by Crippen LogP contribution is 2.42. The van der Waals surface area contributed by atoms with Crippen LogP contribution in [0.2, 0.25) is 0 Å². The Balaban J connectivity index is 1.84. The molecule has 0 radical (unpaired) electrons. The third-order valence-electron chi connectivity index (χ3n) is 4.04. The summed E-state index contributed by atoms with van der Waals surface area (Å²) in [5.41, 5.74) is 3.10. The topological polar surface area (TPSA) is 0 Å². The molecule has 0 saturated heterocycles. The molecule has 0 bridgehead atoms. The predicted octanol–water partition coefficient (Wildman–Crippen LogP) is 5.21. The van der Waals surface area contributed by atoms with Crippen molar-refractivity contribution in [2.24, 2.45) is 5.92 Å². The average Bonchev–Trinajstić information content (AvgIpc) is 2.46. The van der Waals surface area contributed by atoms with Gasteiger partial charge in [-0.3, -0.25) is 0 Å². The van der Waals surface area contributed by atoms with Crippen molar-refractivity contribution in [1.82, 2.24) is 0 Å². The van der Waals surface area contributed by atoms with E-state index in [0.717, 1.165) is 12.8 Å². The molecule has 0 saturated carbocycles. The van der Waals surface area contributed by atoms with Gasteiger partial charge in [-0.25, -0.2) is 8.78 Å². The highest BCUT2D eigenvalue weighted by Gasteiger charge is 2.28. The van der Waals surface area contributed by atoms with Gasteiger partial charge in [0.1, 0.15) is 11.6 Å². The van der Waals surface area contributed by atoms with Crippen LogP contribution in [-0.2, 0) is 12.8 Å². The molecule has 0 amide bonds. The molecular weight excluding hydrogens is 322 g/mol. The van der Waals surface area contributed by atoms with Gasteiger partial charge in [-0.15, -0.1) is 0 Å². The Kier molecular flexibility index (Phi) is 3.88. The lowest BCUT2D eigenvalue weighted by Crippen LogP contribution is -2.19. The lowest BCUT2D eigenvalue weighted by atomic mass is 9.80. The van der Waals surface area contributed by atoms with Gasteiger partial charge in [-0.2, -0.15) is 0 Å². The Labute approximate surface area is 126 Å². The quantitative estimate of drug-likeness (QED) is 0.660. The number of aryl methyl sites for hydroxylation is 1. The van der Waals surface area contributed by atoms with Crippen LogP contribution in [0, 0.1) is 17.6 Å². The first-order valence-corrected chi connectivity index (χ1v) is 7.72. The van der Waals surface area contributed by atoms with E-state index in [9.17, 15) is 8.78 Å². The van der Waals surface area contributed by atoms with Gasteiger partial charge in [0.15, 0.2) is 0 Å². The second-order valence-corrected chi connectivity index (χ2v) is 6.33. The van der Waals surface area contributed by atoms with Crippen molar-refractivity contribution in [3.8, 4) is 0 Å². The zero-order chi connectivity index (χ0) is 14.1. The van der Waals surface area contributed by atoms with Crippen LogP contribution in [0.15, 0.2) is 42.5 Å². The summed E-state index contributed by atoms with van der Waals surface area (Å²) in [6, 6.07) is 12.0. The molecule has 2 atom stereocenters. The van der Waals surface area contributed by atoms with Crippen molar-refractivity contribution in [3.63, 3.8) is 0 Å². The van der Waals surface area contributed by atoms with Crippen LogP contribution in [0.5, 0.6) is 0 Å². The van der Waals surface area contributed by atoms with Crippen LogP contribution in [0.1, 0.15) is 27.9 Å². The molecule has 0 fully saturated rings. The van der Waals surface area contributed by atoms with Crippen LogP contribution >= 0.6 is 15.9 Å². The zero-order valence-corrected chi connectivity index (χ0v) is 12.5. The first-order chi connectivity index (χ1) is 9.65. The molecule has 2 aromatic rings. The zero-order valence-electron chi connectivity index (χ0n) is 11.0. The number of halogens is 3. The van der Waals surface area contributed by atoms with Crippen molar-refractivity contribution in [2.45, 2.75) is 24.1 Å². The van der Waals surface area contributed by atoms with E-state index < -0.39 is 0 Å². The first kappa shape index (κ1) is 13.7. The number of benzene rings is 2. The Morgan fingerprint density at radius 3 is 2.75 bits per heavy atom. The second kappa shape index (κ2) is 5.65. The largest absolute Gasteiger partial charge is 0.207 e. The van der Waals surface area contributed by atoms with Crippen LogP contribution in [0.25, 0.3) is 0 Å². The van der Waals surface area contributed by atoms with E-state index in [2.05, 4.69) is 28.1 Å². The first-order valence-electron chi connectivity index (χ1n) is 6.81. The van der Waals surface area contributed by atoms with E-state index in [1.54, 1.807) is 0 Å². The van der Waals surface area contributed by atoms with Crippen LogP contribution in [-0.4, -0.2) is 0 Å². The summed E-state index contributed by atoms with van der Waals surface area (Å²) in [5, 5.41) is 0. The monoisotopic (exact) mass is 336 g/mol. The van der Waals surface area contributed by atoms with Crippen molar-refractivity contribution < 1.29 is 8.78 Å². The molecule has 3 rings (SSSR count). The minimum Gasteiger partial charge on any atom is -0.207 e. The molecular formula is C17H15BrF2. The standard InChI is InChI=1S/C17H15BrF2/c18-17-12(6-5-11-3-1-2-4-15(11)17)9-13-10-14(19)7-8-16(13)20/h1-4,7-8,10,12,17H,5-6,9H2. The van der Waals surface area contributed by atoms with Gasteiger partial charge in [-0.1, -0.05) is 40.2 Å². The number of hydrogen-bond donors (Lipinski definition) is 0. The minimum atomic E-state index is -0.372. The highest BCUT2D eigenvalue weighted by atomic mass is 79.9. The third kappa shape index (κ3) is 2.64. The van der Waals surface area contributed by atoms with E-state index in [4.69, 9.17) is 0 Å². The fourth-order valence-electron chi connectivity index (χ4n) is 2.96. The lowest BCUT2D eigenvalue weighted by molar-refractivity contribution is 0.441. The maximum absolute atomic E-state index is 13.8. The summed E-state index contributed by atoms with van der Waals surface area (Å²) in [7, 11) is 0. The fraction of sp³-hybridized carbons (Fsp3) is 0.294. The van der Waals surface area contributed by atoms with Gasteiger partial charge < -0.3 is 0 Å². The third-order valence-corrected chi connectivity index (χ3v) is 5.28. The molecule has 0 aliphatic heterocycles. The van der Waals surface area contributed by atoms with Gasteiger partial charge in [-0.05, 0) is 60.1 Å². The fourth-order valence-corrected chi connectivity index (χ4v) is 3.86. The summed E-state index contributed by atoms with van der Waals surface area (Å²) in [6.07, 6.45) is 2.55. The molecule has 0 N–H and O–H groups in total. The van der Waals surface area contributed by atoms with E-state index in [1.807, 2.05) is 12.1 Å². The normalized spacial score (nSPS) is 21.6. The number of fused-ring (bicyclic) bond motifs is 1. The lowest BCUT2D eigenvalue weighted by Gasteiger charge is -2.30. The van der Waals surface area contributed by atoms with E-state index in [-0.39, 0.29) is 16.5 Å². The number of rotatable bonds is 2. The van der Waals surface area contributed by atoms with E-state index >= 15 is 0 Å². The highest BCUT2D eigenvalue weighted by molar-refractivity contribution is 9.09. The summed E-state index contributed by atoms with van der Waals surface area (Å²) >= 11 is 3.74. The SMILES string of the molecule is Fc1ccc(F)c(CC2CCc3ccccc3C2Br)c1. The van der Waals surface area contributed by atoms with E-state index in [1.165, 1.54) is 29.3 Å². The maximum atomic E-state index is 13.8. The molecule has 1 aliphatic carbocycles. The molecule has 0 spiro atoms. The predicted molar refractivity (Wildman–Crippen MR) is 80.0 cm³/mol. The van der Waals surface area contributed by atoms with Gasteiger partial charge in [0, 0.05) is 4.83 Å². The van der Waals surface area contributed by atoms with Crippen molar-refractivity contribution >= 4 is 15.9 Å². The Bertz CT molecular complexity index is 624. The summed E-state index contributed by atoms with van der Waals surface area (Å²) in [5.74, 6) is -0.394. The minimum absolute atomic E-state index is 0.204. The molecule has 0 heterocycles. The average molecular weight is 337 g/mol. The summed E-state index contributed by atoms with van der Waals surface area (Å²) in [6.45, 7) is 0. The van der Waals surface area contributed by atoms with Crippen molar-refractivity contribution in [1.29, 1.82) is 0 Å². The Hall–Kier alpha value is -1.22. The molecule has 2 aromatic carbocycles. The van der Waals surface area contributed by atoms with Gasteiger partial charge >= 0.3 is 0 Å². The second-order valence-electron chi connectivity index (χ2n) is 5.34. The van der Waals surface area contributed by atoms with Crippen LogP contribution < -0.4 is 0 Å². The summed E-state index contributed by atoms with van der Waals surface area (Å²) < 4.78 is 27.0. The molecule has 0 nitrogen and oxygen atoms in total. The number of hydrogen-bond acceptors (Lipinski definition) is 0. The molecule has 1 aliphatic rings. The molecule has 20 heavy (non-hydrogen) atoms. The Morgan fingerprint density at radius 2 is 1.90 bits per heavy atom. The number of alkyl halides is 1. The van der Waals surface area contributed by atoms with Crippen molar-refractivity contribution in [3.05, 3.63) is 70.8 Å². The molecule has 104 valence electrons. The molecule has 0 aromatic heterocycles.